The molecular weight excluding hydrogens is 318 g/mol. The topological polar surface area (TPSA) is 77.8 Å². The molecule has 0 aliphatic heterocycles. The summed E-state index contributed by atoms with van der Waals surface area (Å²) in [5.41, 5.74) is 0. The van der Waals surface area contributed by atoms with Gasteiger partial charge in [0.1, 0.15) is 0 Å². The standard InChI is InChI=1S/C20H37NO4/c1-3-4-5-12-15-18(22)16-13-10-8-6-7-9-11-14-17-19(23)21(2)20(24)25/h10,13,18,22H,3-9,11-12,14-17H2,1-2H3,(H,24,25)/b13-10-/t18-/m1/s1. The molecule has 0 aliphatic rings. The molecule has 0 bridgehead atoms. The first kappa shape index (κ1) is 23.6. The molecule has 146 valence electrons. The van der Waals surface area contributed by atoms with Crippen molar-refractivity contribution >= 4 is 12.0 Å². The highest BCUT2D eigenvalue weighted by molar-refractivity contribution is 5.90. The molecule has 0 saturated carbocycles. The third-order valence-corrected chi connectivity index (χ3v) is 4.39. The molecule has 0 radical (unpaired) electrons. The van der Waals surface area contributed by atoms with E-state index < -0.39 is 6.09 Å². The van der Waals surface area contributed by atoms with Crippen molar-refractivity contribution in [1.29, 1.82) is 0 Å². The van der Waals surface area contributed by atoms with Gasteiger partial charge in [-0.2, -0.15) is 0 Å². The van der Waals surface area contributed by atoms with Crippen LogP contribution in [-0.4, -0.2) is 40.3 Å². The molecule has 0 saturated heterocycles. The van der Waals surface area contributed by atoms with Gasteiger partial charge >= 0.3 is 6.09 Å². The number of hydrogen-bond donors (Lipinski definition) is 2. The molecule has 5 nitrogen and oxygen atoms in total. The summed E-state index contributed by atoms with van der Waals surface area (Å²) in [5.74, 6) is -0.330. The second-order valence-corrected chi connectivity index (χ2v) is 6.75. The van der Waals surface area contributed by atoms with E-state index in [0.717, 1.165) is 62.7 Å². The average molecular weight is 356 g/mol. The maximum absolute atomic E-state index is 11.5. The summed E-state index contributed by atoms with van der Waals surface area (Å²) in [4.78, 5) is 22.8. The van der Waals surface area contributed by atoms with Crippen LogP contribution in [0.5, 0.6) is 0 Å². The van der Waals surface area contributed by atoms with Crippen molar-refractivity contribution in [3.63, 3.8) is 0 Å². The third kappa shape index (κ3) is 14.7. The van der Waals surface area contributed by atoms with Crippen molar-refractivity contribution < 1.29 is 19.8 Å². The predicted molar refractivity (Wildman–Crippen MR) is 102 cm³/mol. The lowest BCUT2D eigenvalue weighted by atomic mass is 10.1. The zero-order valence-electron chi connectivity index (χ0n) is 16.1. The van der Waals surface area contributed by atoms with E-state index >= 15 is 0 Å². The number of amides is 2. The van der Waals surface area contributed by atoms with E-state index in [0.29, 0.717) is 6.42 Å². The van der Waals surface area contributed by atoms with Gasteiger partial charge in [-0.1, -0.05) is 64.0 Å². The predicted octanol–water partition coefficient (Wildman–Crippen LogP) is 5.13. The van der Waals surface area contributed by atoms with Gasteiger partial charge in [-0.3, -0.25) is 9.69 Å². The molecule has 0 aromatic carbocycles. The Kier molecular flexibility index (Phi) is 15.2. The highest BCUT2D eigenvalue weighted by Gasteiger charge is 2.13. The fourth-order valence-electron chi connectivity index (χ4n) is 2.64. The average Bonchev–Trinajstić information content (AvgIpc) is 2.59. The molecule has 2 amide bonds. The van der Waals surface area contributed by atoms with Crippen LogP contribution in [0.25, 0.3) is 0 Å². The van der Waals surface area contributed by atoms with Crippen LogP contribution in [0.15, 0.2) is 12.2 Å². The summed E-state index contributed by atoms with van der Waals surface area (Å²) >= 11 is 0. The fourth-order valence-corrected chi connectivity index (χ4v) is 2.64. The molecule has 0 aromatic rings. The Hall–Kier alpha value is -1.36. The summed E-state index contributed by atoms with van der Waals surface area (Å²) in [6.45, 7) is 2.19. The van der Waals surface area contributed by atoms with Gasteiger partial charge < -0.3 is 10.2 Å². The molecule has 0 spiro atoms. The number of carbonyl (C=O) groups excluding carboxylic acids is 1. The highest BCUT2D eigenvalue weighted by atomic mass is 16.4. The minimum Gasteiger partial charge on any atom is -0.465 e. The van der Waals surface area contributed by atoms with E-state index in [1.807, 2.05) is 0 Å². The summed E-state index contributed by atoms with van der Waals surface area (Å²) < 4.78 is 0. The van der Waals surface area contributed by atoms with E-state index in [9.17, 15) is 14.7 Å². The molecule has 25 heavy (non-hydrogen) atoms. The van der Waals surface area contributed by atoms with E-state index in [2.05, 4.69) is 19.1 Å². The largest absolute Gasteiger partial charge is 0.465 e. The lowest BCUT2D eigenvalue weighted by Crippen LogP contribution is -2.31. The van der Waals surface area contributed by atoms with Crippen molar-refractivity contribution in [2.24, 2.45) is 0 Å². The van der Waals surface area contributed by atoms with E-state index in [1.54, 1.807) is 0 Å². The molecule has 5 heteroatoms. The Balaban J connectivity index is 3.43. The minimum absolute atomic E-state index is 0.199. The lowest BCUT2D eigenvalue weighted by Gasteiger charge is -2.10. The van der Waals surface area contributed by atoms with Gasteiger partial charge in [0, 0.05) is 13.5 Å². The number of allylic oxidation sites excluding steroid dienone is 1. The number of aliphatic hydroxyl groups is 1. The maximum Gasteiger partial charge on any atom is 0.413 e. The van der Waals surface area contributed by atoms with Crippen LogP contribution < -0.4 is 0 Å². The smallest absolute Gasteiger partial charge is 0.413 e. The van der Waals surface area contributed by atoms with Gasteiger partial charge in [0.25, 0.3) is 0 Å². The summed E-state index contributed by atoms with van der Waals surface area (Å²) in [5, 5.41) is 18.5. The zero-order chi connectivity index (χ0) is 18.9. The first-order chi connectivity index (χ1) is 12.0. The second-order valence-electron chi connectivity index (χ2n) is 6.75. The Morgan fingerprint density at radius 2 is 1.60 bits per heavy atom. The number of unbranched alkanes of at least 4 members (excludes halogenated alkanes) is 8. The van der Waals surface area contributed by atoms with Crippen LogP contribution in [0.1, 0.15) is 90.4 Å². The fraction of sp³-hybridized carbons (Fsp3) is 0.800. The number of carboxylic acid groups (broad SMARTS) is 1. The number of hydrogen-bond acceptors (Lipinski definition) is 3. The number of imide groups is 1. The SMILES string of the molecule is CCCCCC[C@@H](O)C/C=C\CCCCCCCC(=O)N(C)C(=O)O. The van der Waals surface area contributed by atoms with Crippen molar-refractivity contribution in [3.05, 3.63) is 12.2 Å². The van der Waals surface area contributed by atoms with E-state index in [4.69, 9.17) is 5.11 Å². The van der Waals surface area contributed by atoms with Crippen molar-refractivity contribution in [2.45, 2.75) is 96.5 Å². The van der Waals surface area contributed by atoms with Crippen LogP contribution in [0.3, 0.4) is 0 Å². The van der Waals surface area contributed by atoms with E-state index in [1.165, 1.54) is 26.3 Å². The quantitative estimate of drug-likeness (QED) is 0.315. The van der Waals surface area contributed by atoms with Crippen LogP contribution in [-0.2, 0) is 4.79 Å². The van der Waals surface area contributed by atoms with Gasteiger partial charge in [-0.05, 0) is 32.1 Å². The normalized spacial score (nSPS) is 12.4. The van der Waals surface area contributed by atoms with Crippen molar-refractivity contribution in [1.82, 2.24) is 4.90 Å². The van der Waals surface area contributed by atoms with Crippen LogP contribution in [0, 0.1) is 0 Å². The molecule has 0 fully saturated rings. The molecule has 2 N–H and O–H groups in total. The molecule has 1 atom stereocenters. The first-order valence-corrected chi connectivity index (χ1v) is 9.81. The molecule has 0 rings (SSSR count). The zero-order valence-corrected chi connectivity index (χ0v) is 16.1. The Morgan fingerprint density at radius 3 is 2.28 bits per heavy atom. The molecule has 0 aliphatic carbocycles. The maximum atomic E-state index is 11.5. The summed E-state index contributed by atoms with van der Waals surface area (Å²) in [6, 6.07) is 0. The monoisotopic (exact) mass is 355 g/mol. The number of aliphatic hydroxyl groups excluding tert-OH is 1. The van der Waals surface area contributed by atoms with Gasteiger partial charge in [0.15, 0.2) is 0 Å². The van der Waals surface area contributed by atoms with E-state index in [-0.39, 0.29) is 12.0 Å². The molecular formula is C20H37NO4. The summed E-state index contributed by atoms with van der Waals surface area (Å²) in [7, 11) is 1.29. The van der Waals surface area contributed by atoms with Gasteiger partial charge in [-0.25, -0.2) is 4.79 Å². The van der Waals surface area contributed by atoms with Crippen molar-refractivity contribution in [2.75, 3.05) is 7.05 Å². The Bertz CT molecular complexity index is 382. The number of nitrogens with zero attached hydrogens (tertiary/aromatic N) is 1. The lowest BCUT2D eigenvalue weighted by molar-refractivity contribution is -0.128. The molecule has 0 aromatic heterocycles. The third-order valence-electron chi connectivity index (χ3n) is 4.39. The molecule has 0 heterocycles. The Morgan fingerprint density at radius 1 is 0.960 bits per heavy atom. The number of rotatable bonds is 15. The molecule has 0 unspecified atom stereocenters. The second kappa shape index (κ2) is 16.1. The van der Waals surface area contributed by atoms with Gasteiger partial charge in [0.05, 0.1) is 6.10 Å². The number of carbonyl (C=O) groups is 2. The van der Waals surface area contributed by atoms with Gasteiger partial charge in [0.2, 0.25) is 5.91 Å². The van der Waals surface area contributed by atoms with Crippen LogP contribution >= 0.6 is 0 Å². The Labute approximate surface area is 153 Å². The van der Waals surface area contributed by atoms with Crippen LogP contribution in [0.2, 0.25) is 0 Å². The van der Waals surface area contributed by atoms with Gasteiger partial charge in [-0.15, -0.1) is 0 Å². The minimum atomic E-state index is -1.19. The first-order valence-electron chi connectivity index (χ1n) is 9.81. The van der Waals surface area contributed by atoms with Crippen molar-refractivity contribution in [3.8, 4) is 0 Å². The summed E-state index contributed by atoms with van der Waals surface area (Å²) in [6.07, 6.45) is 15.7. The highest BCUT2D eigenvalue weighted by Crippen LogP contribution is 2.11. The van der Waals surface area contributed by atoms with Crippen LogP contribution in [0.4, 0.5) is 4.79 Å².